The first-order valence-electron chi connectivity index (χ1n) is 11.9. The number of aromatic nitrogens is 4. The molecule has 0 atom stereocenters. The van der Waals surface area contributed by atoms with Crippen LogP contribution in [0.15, 0.2) is 55.4 Å². The average Bonchev–Trinajstić information content (AvgIpc) is 3.28. The van der Waals surface area contributed by atoms with E-state index in [1.807, 2.05) is 38.2 Å². The molecule has 4 rings (SSSR count). The summed E-state index contributed by atoms with van der Waals surface area (Å²) in [6.07, 6.45) is 4.56. The van der Waals surface area contributed by atoms with Gasteiger partial charge in [-0.25, -0.2) is 14.4 Å². The van der Waals surface area contributed by atoms with Crippen molar-refractivity contribution in [1.82, 2.24) is 24.6 Å². The van der Waals surface area contributed by atoms with E-state index in [1.165, 1.54) is 12.1 Å². The quantitative estimate of drug-likeness (QED) is 0.304. The van der Waals surface area contributed by atoms with Crippen LogP contribution in [-0.4, -0.2) is 71.9 Å². The Morgan fingerprint density at radius 2 is 1.97 bits per heavy atom. The molecule has 0 saturated carbocycles. The number of hydrogen-bond donors (Lipinski definition) is 2. The van der Waals surface area contributed by atoms with Crippen molar-refractivity contribution in [2.24, 2.45) is 7.05 Å². The van der Waals surface area contributed by atoms with Gasteiger partial charge in [-0.15, -0.1) is 0 Å². The maximum atomic E-state index is 14.7. The van der Waals surface area contributed by atoms with Gasteiger partial charge in [0, 0.05) is 56.6 Å². The van der Waals surface area contributed by atoms with E-state index in [0.29, 0.717) is 39.3 Å². The van der Waals surface area contributed by atoms with Crippen LogP contribution in [0.25, 0.3) is 22.2 Å². The first-order valence-corrected chi connectivity index (χ1v) is 11.9. The van der Waals surface area contributed by atoms with Crippen molar-refractivity contribution in [1.29, 1.82) is 0 Å². The van der Waals surface area contributed by atoms with Crippen LogP contribution in [0.5, 0.6) is 5.75 Å². The van der Waals surface area contributed by atoms with E-state index in [9.17, 15) is 9.18 Å². The van der Waals surface area contributed by atoms with Crippen LogP contribution in [0, 0.1) is 5.82 Å². The highest BCUT2D eigenvalue weighted by Crippen LogP contribution is 2.38. The Morgan fingerprint density at radius 1 is 1.18 bits per heavy atom. The van der Waals surface area contributed by atoms with Gasteiger partial charge in [0.15, 0.2) is 5.82 Å². The van der Waals surface area contributed by atoms with Crippen molar-refractivity contribution < 1.29 is 13.9 Å². The summed E-state index contributed by atoms with van der Waals surface area (Å²) >= 11 is 0. The number of carbonyl (C=O) groups is 1. The van der Waals surface area contributed by atoms with Crippen molar-refractivity contribution in [3.05, 3.63) is 61.2 Å². The third kappa shape index (κ3) is 5.89. The fourth-order valence-corrected chi connectivity index (χ4v) is 3.97. The minimum atomic E-state index is -0.426. The number of ether oxygens (including phenoxy) is 1. The fourth-order valence-electron chi connectivity index (χ4n) is 3.97. The van der Waals surface area contributed by atoms with Crippen LogP contribution in [0.4, 0.5) is 27.4 Å². The lowest BCUT2D eigenvalue weighted by Crippen LogP contribution is -2.29. The van der Waals surface area contributed by atoms with Gasteiger partial charge in [-0.1, -0.05) is 6.58 Å². The molecule has 0 spiro atoms. The molecule has 2 N–H and O–H groups in total. The number of amides is 1. The second-order valence-electron chi connectivity index (χ2n) is 9.08. The summed E-state index contributed by atoms with van der Waals surface area (Å²) in [5, 5.41) is 10.9. The number of methoxy groups -OCH3 is 1. The van der Waals surface area contributed by atoms with Crippen LogP contribution < -0.4 is 20.3 Å². The SMILES string of the molecule is C=CC(=O)Nc1cc(Nc2nccc(-c3cc(F)c4nn(C)cc4c3)n2)c(OC)cc1N(C)CCN(C)C. The first kappa shape index (κ1) is 26.6. The van der Waals surface area contributed by atoms with Crippen LogP contribution in [0.2, 0.25) is 0 Å². The fraction of sp³-hybridized carbons (Fsp3) is 0.259. The number of benzene rings is 2. The summed E-state index contributed by atoms with van der Waals surface area (Å²) < 4.78 is 21.9. The number of likely N-dealkylation sites (N-methyl/N-ethyl adjacent to an activating group) is 2. The molecule has 0 aliphatic heterocycles. The number of aryl methyl sites for hydroxylation is 1. The van der Waals surface area contributed by atoms with E-state index in [2.05, 4.69) is 37.2 Å². The molecule has 0 aliphatic carbocycles. The van der Waals surface area contributed by atoms with E-state index in [1.54, 1.807) is 43.4 Å². The molecule has 2 aromatic heterocycles. The minimum absolute atomic E-state index is 0.280. The number of hydrogen-bond acceptors (Lipinski definition) is 8. The standard InChI is InChI=1S/C27H31FN8O2/c1-7-25(37)30-21-14-22(24(38-6)15-23(21)35(4)11-10-34(2)3)32-27-29-9-8-20(31-27)17-12-18-16-36(5)33-26(18)19(28)13-17/h7-9,12-16H,1,10-11H2,2-6H3,(H,30,37)(H,29,31,32). The van der Waals surface area contributed by atoms with Gasteiger partial charge in [0.1, 0.15) is 11.3 Å². The Balaban J connectivity index is 1.69. The highest BCUT2D eigenvalue weighted by Gasteiger charge is 2.17. The molecule has 0 fully saturated rings. The monoisotopic (exact) mass is 518 g/mol. The summed E-state index contributed by atoms with van der Waals surface area (Å²) in [7, 11) is 9.25. The predicted octanol–water partition coefficient (Wildman–Crippen LogP) is 4.04. The molecule has 1 amide bonds. The predicted molar refractivity (Wildman–Crippen MR) is 149 cm³/mol. The Hall–Kier alpha value is -4.51. The van der Waals surface area contributed by atoms with Crippen LogP contribution >= 0.6 is 0 Å². The van der Waals surface area contributed by atoms with Gasteiger partial charge in [0.05, 0.1) is 29.9 Å². The third-order valence-corrected chi connectivity index (χ3v) is 5.93. The molecule has 0 aliphatic rings. The van der Waals surface area contributed by atoms with E-state index in [-0.39, 0.29) is 11.9 Å². The topological polar surface area (TPSA) is 100 Å². The summed E-state index contributed by atoms with van der Waals surface area (Å²) in [4.78, 5) is 25.2. The Labute approximate surface area is 220 Å². The maximum absolute atomic E-state index is 14.7. The van der Waals surface area contributed by atoms with Crippen molar-refractivity contribution in [2.45, 2.75) is 0 Å². The van der Waals surface area contributed by atoms with E-state index >= 15 is 0 Å². The highest BCUT2D eigenvalue weighted by atomic mass is 19.1. The number of halogens is 1. The zero-order chi connectivity index (χ0) is 27.4. The van der Waals surface area contributed by atoms with Crippen molar-refractivity contribution in [2.75, 3.05) is 56.9 Å². The van der Waals surface area contributed by atoms with Gasteiger partial charge in [-0.05, 0) is 44.4 Å². The van der Waals surface area contributed by atoms with Crippen molar-refractivity contribution >= 4 is 39.8 Å². The molecule has 10 nitrogen and oxygen atoms in total. The molecular formula is C27H31FN8O2. The number of carbonyl (C=O) groups excluding carboxylic acids is 1. The van der Waals surface area contributed by atoms with Crippen molar-refractivity contribution in [3.63, 3.8) is 0 Å². The smallest absolute Gasteiger partial charge is 0.247 e. The molecule has 2 aromatic carbocycles. The van der Waals surface area contributed by atoms with Crippen LogP contribution in [-0.2, 0) is 11.8 Å². The van der Waals surface area contributed by atoms with E-state index in [4.69, 9.17) is 4.74 Å². The number of rotatable bonds is 10. The number of fused-ring (bicyclic) bond motifs is 1. The summed E-state index contributed by atoms with van der Waals surface area (Å²) in [5.41, 5.74) is 3.32. The molecule has 0 radical (unpaired) electrons. The van der Waals surface area contributed by atoms with Gasteiger partial charge in [-0.2, -0.15) is 5.10 Å². The van der Waals surface area contributed by atoms with E-state index < -0.39 is 5.82 Å². The lowest BCUT2D eigenvalue weighted by atomic mass is 10.1. The molecule has 2 heterocycles. The maximum Gasteiger partial charge on any atom is 0.247 e. The normalized spacial score (nSPS) is 11.0. The zero-order valence-corrected chi connectivity index (χ0v) is 22.1. The molecule has 198 valence electrons. The largest absolute Gasteiger partial charge is 0.494 e. The average molecular weight is 519 g/mol. The Bertz CT molecular complexity index is 1480. The molecule has 38 heavy (non-hydrogen) atoms. The first-order chi connectivity index (χ1) is 18.2. The molecule has 11 heteroatoms. The molecule has 4 aromatic rings. The van der Waals surface area contributed by atoms with Gasteiger partial charge in [-0.3, -0.25) is 9.48 Å². The molecular weight excluding hydrogens is 487 g/mol. The highest BCUT2D eigenvalue weighted by molar-refractivity contribution is 6.02. The second kappa shape index (κ2) is 11.3. The second-order valence-corrected chi connectivity index (χ2v) is 9.08. The minimum Gasteiger partial charge on any atom is -0.494 e. The third-order valence-electron chi connectivity index (χ3n) is 5.93. The lowest BCUT2D eigenvalue weighted by molar-refractivity contribution is -0.111. The summed E-state index contributed by atoms with van der Waals surface area (Å²) in [6.45, 7) is 5.10. The molecule has 0 unspecified atom stereocenters. The number of nitrogens with zero attached hydrogens (tertiary/aromatic N) is 6. The Kier molecular flexibility index (Phi) is 7.87. The lowest BCUT2D eigenvalue weighted by Gasteiger charge is -2.26. The molecule has 0 saturated heterocycles. The Morgan fingerprint density at radius 3 is 2.68 bits per heavy atom. The van der Waals surface area contributed by atoms with Gasteiger partial charge in [0.25, 0.3) is 0 Å². The van der Waals surface area contributed by atoms with Gasteiger partial charge < -0.3 is 25.2 Å². The number of nitrogens with one attached hydrogen (secondary N) is 2. The van der Waals surface area contributed by atoms with E-state index in [0.717, 1.165) is 18.8 Å². The van der Waals surface area contributed by atoms with Crippen molar-refractivity contribution in [3.8, 4) is 17.0 Å². The zero-order valence-electron chi connectivity index (χ0n) is 22.1. The summed E-state index contributed by atoms with van der Waals surface area (Å²) in [5.74, 6) is 0.0474. The summed E-state index contributed by atoms with van der Waals surface area (Å²) in [6, 6.07) is 8.55. The van der Waals surface area contributed by atoms with Gasteiger partial charge >= 0.3 is 0 Å². The van der Waals surface area contributed by atoms with Crippen LogP contribution in [0.1, 0.15) is 0 Å². The van der Waals surface area contributed by atoms with Crippen LogP contribution in [0.3, 0.4) is 0 Å². The molecule has 0 bridgehead atoms. The number of anilines is 4. The van der Waals surface area contributed by atoms with Gasteiger partial charge in [0.2, 0.25) is 11.9 Å².